The molecule has 1 aromatic rings. The zero-order chi connectivity index (χ0) is 19.4. The average Bonchev–Trinajstić information content (AvgIpc) is 3.16. The number of rotatable bonds is 6. The molecule has 0 saturated heterocycles. The summed E-state index contributed by atoms with van der Waals surface area (Å²) in [5.41, 5.74) is 0.703. The second kappa shape index (κ2) is 8.08. The smallest absolute Gasteiger partial charge is 0.325 e. The van der Waals surface area contributed by atoms with E-state index >= 15 is 0 Å². The topological polar surface area (TPSA) is 84.9 Å². The van der Waals surface area contributed by atoms with Crippen LogP contribution in [-0.4, -0.2) is 62.1 Å². The highest BCUT2D eigenvalue weighted by Crippen LogP contribution is 2.50. The Bertz CT molecular complexity index is 727. The molecule has 1 aliphatic heterocycles. The van der Waals surface area contributed by atoms with Crippen LogP contribution in [-0.2, 0) is 19.1 Å². The molecular weight excluding hydrogens is 348 g/mol. The van der Waals surface area contributed by atoms with Gasteiger partial charge in [-0.25, -0.2) is 0 Å². The van der Waals surface area contributed by atoms with E-state index in [-0.39, 0.29) is 18.4 Å². The molecule has 3 rings (SSSR count). The van der Waals surface area contributed by atoms with Crippen molar-refractivity contribution in [3.05, 3.63) is 35.4 Å². The molecule has 1 N–H and O–H groups in total. The first-order valence-corrected chi connectivity index (χ1v) is 9.29. The van der Waals surface area contributed by atoms with Crippen LogP contribution in [0.3, 0.4) is 0 Å². The number of amides is 2. The molecule has 1 saturated carbocycles. The van der Waals surface area contributed by atoms with E-state index in [4.69, 9.17) is 4.74 Å². The van der Waals surface area contributed by atoms with Crippen LogP contribution >= 0.6 is 0 Å². The number of hydrogen-bond acceptors (Lipinski definition) is 5. The first-order chi connectivity index (χ1) is 13.0. The number of carbonyl (C=O) groups is 3. The Labute approximate surface area is 159 Å². The van der Waals surface area contributed by atoms with Gasteiger partial charge in [0.2, 0.25) is 5.91 Å². The number of nitrogens with one attached hydrogen (secondary N) is 1. The highest BCUT2D eigenvalue weighted by atomic mass is 16.5. The van der Waals surface area contributed by atoms with Gasteiger partial charge in [-0.3, -0.25) is 14.4 Å². The zero-order valence-corrected chi connectivity index (χ0v) is 15.8. The van der Waals surface area contributed by atoms with Crippen LogP contribution in [0, 0.1) is 0 Å². The Hall–Kier alpha value is -2.41. The molecule has 1 aromatic carbocycles. The lowest BCUT2D eigenvalue weighted by Gasteiger charge is -2.50. The van der Waals surface area contributed by atoms with Gasteiger partial charge in [0.05, 0.1) is 25.2 Å². The van der Waals surface area contributed by atoms with Crippen LogP contribution in [0.5, 0.6) is 0 Å². The normalized spacial score (nSPS) is 20.4. The fourth-order valence-corrected chi connectivity index (χ4v) is 4.51. The molecule has 2 aliphatic rings. The Kier molecular flexibility index (Phi) is 5.79. The SMILES string of the molecule is COCCN1C(=O)c2ccccc2[C@@H](C(=O)NCC(=O)OC)C12CCCC2. The van der Waals surface area contributed by atoms with Crippen molar-refractivity contribution in [3.63, 3.8) is 0 Å². The van der Waals surface area contributed by atoms with Crippen molar-refractivity contribution in [1.82, 2.24) is 10.2 Å². The van der Waals surface area contributed by atoms with Gasteiger partial charge in [0.25, 0.3) is 5.91 Å². The molecule has 1 spiro atoms. The third-order valence-corrected chi connectivity index (χ3v) is 5.71. The largest absolute Gasteiger partial charge is 0.468 e. The summed E-state index contributed by atoms with van der Waals surface area (Å²) < 4.78 is 9.85. The summed E-state index contributed by atoms with van der Waals surface area (Å²) in [5.74, 6) is -1.32. The van der Waals surface area contributed by atoms with E-state index in [1.165, 1.54) is 7.11 Å². The van der Waals surface area contributed by atoms with Crippen molar-refractivity contribution in [1.29, 1.82) is 0 Å². The van der Waals surface area contributed by atoms with Crippen molar-refractivity contribution in [2.24, 2.45) is 0 Å². The van der Waals surface area contributed by atoms with Crippen molar-refractivity contribution in [3.8, 4) is 0 Å². The predicted octanol–water partition coefficient (Wildman–Crippen LogP) is 1.47. The Morgan fingerprint density at radius 3 is 2.59 bits per heavy atom. The molecule has 1 atom stereocenters. The summed E-state index contributed by atoms with van der Waals surface area (Å²) in [6, 6.07) is 7.27. The van der Waals surface area contributed by atoms with E-state index in [0.29, 0.717) is 18.7 Å². The molecule has 1 fully saturated rings. The van der Waals surface area contributed by atoms with Crippen molar-refractivity contribution < 1.29 is 23.9 Å². The summed E-state index contributed by atoms with van der Waals surface area (Å²) in [5, 5.41) is 2.70. The second-order valence-corrected chi connectivity index (χ2v) is 7.07. The molecule has 2 amide bonds. The quantitative estimate of drug-likeness (QED) is 0.763. The maximum atomic E-state index is 13.2. The third-order valence-electron chi connectivity index (χ3n) is 5.71. The highest BCUT2D eigenvalue weighted by molar-refractivity contribution is 6.02. The number of carbonyl (C=O) groups excluding carboxylic acids is 3. The van der Waals surface area contributed by atoms with Gasteiger partial charge < -0.3 is 19.7 Å². The minimum atomic E-state index is -0.579. The predicted molar refractivity (Wildman–Crippen MR) is 98.3 cm³/mol. The number of benzene rings is 1. The summed E-state index contributed by atoms with van der Waals surface area (Å²) >= 11 is 0. The molecule has 146 valence electrons. The van der Waals surface area contributed by atoms with Gasteiger partial charge in [-0.15, -0.1) is 0 Å². The van der Waals surface area contributed by atoms with Crippen molar-refractivity contribution in [2.75, 3.05) is 33.9 Å². The molecule has 27 heavy (non-hydrogen) atoms. The van der Waals surface area contributed by atoms with E-state index in [2.05, 4.69) is 10.1 Å². The zero-order valence-electron chi connectivity index (χ0n) is 15.8. The highest BCUT2D eigenvalue weighted by Gasteiger charge is 2.55. The number of fused-ring (bicyclic) bond motifs is 1. The minimum absolute atomic E-state index is 0.0541. The summed E-state index contributed by atoms with van der Waals surface area (Å²) in [7, 11) is 2.89. The van der Waals surface area contributed by atoms with Gasteiger partial charge in [0, 0.05) is 19.2 Å². The fraction of sp³-hybridized carbons (Fsp3) is 0.550. The maximum absolute atomic E-state index is 13.2. The molecule has 1 aliphatic carbocycles. The molecule has 1 heterocycles. The molecule has 7 nitrogen and oxygen atoms in total. The average molecular weight is 374 g/mol. The number of nitrogens with zero attached hydrogens (tertiary/aromatic N) is 1. The van der Waals surface area contributed by atoms with Gasteiger partial charge in [0.1, 0.15) is 6.54 Å². The van der Waals surface area contributed by atoms with Gasteiger partial charge in [-0.05, 0) is 24.5 Å². The van der Waals surface area contributed by atoms with Crippen LogP contribution in [0.15, 0.2) is 24.3 Å². The maximum Gasteiger partial charge on any atom is 0.325 e. The van der Waals surface area contributed by atoms with Crippen LogP contribution in [0.2, 0.25) is 0 Å². The van der Waals surface area contributed by atoms with Gasteiger partial charge in [-0.2, -0.15) is 0 Å². The molecular formula is C20H26N2O5. The van der Waals surface area contributed by atoms with E-state index in [9.17, 15) is 14.4 Å². The lowest BCUT2D eigenvalue weighted by molar-refractivity contribution is -0.141. The summed E-state index contributed by atoms with van der Waals surface area (Å²) in [6.07, 6.45) is 3.43. The second-order valence-electron chi connectivity index (χ2n) is 7.07. The van der Waals surface area contributed by atoms with Crippen molar-refractivity contribution in [2.45, 2.75) is 37.1 Å². The summed E-state index contributed by atoms with van der Waals surface area (Å²) in [4.78, 5) is 39.7. The summed E-state index contributed by atoms with van der Waals surface area (Å²) in [6.45, 7) is 0.659. The standard InChI is InChI=1S/C20H26N2O5/c1-26-12-11-22-19(25)15-8-4-3-7-14(15)17(20(22)9-5-6-10-20)18(24)21-13-16(23)27-2/h3-4,7-8,17H,5-6,9-13H2,1-2H3,(H,21,24)/t17-/m0/s1. The number of ether oxygens (including phenoxy) is 2. The lowest BCUT2D eigenvalue weighted by atomic mass is 9.71. The molecule has 0 unspecified atom stereocenters. The van der Waals surface area contributed by atoms with Crippen LogP contribution < -0.4 is 5.32 Å². The molecule has 7 heteroatoms. The van der Waals surface area contributed by atoms with E-state index in [1.807, 2.05) is 17.0 Å². The van der Waals surface area contributed by atoms with E-state index < -0.39 is 17.4 Å². The minimum Gasteiger partial charge on any atom is -0.468 e. The number of esters is 1. The first-order valence-electron chi connectivity index (χ1n) is 9.29. The number of methoxy groups -OCH3 is 2. The molecule has 0 bridgehead atoms. The fourth-order valence-electron chi connectivity index (χ4n) is 4.51. The van der Waals surface area contributed by atoms with Crippen molar-refractivity contribution >= 4 is 17.8 Å². The van der Waals surface area contributed by atoms with E-state index in [1.54, 1.807) is 19.2 Å². The van der Waals surface area contributed by atoms with E-state index in [0.717, 1.165) is 31.2 Å². The van der Waals surface area contributed by atoms with Gasteiger partial charge in [-0.1, -0.05) is 31.0 Å². The Morgan fingerprint density at radius 2 is 1.93 bits per heavy atom. The van der Waals surface area contributed by atoms with Gasteiger partial charge >= 0.3 is 5.97 Å². The van der Waals surface area contributed by atoms with Crippen LogP contribution in [0.1, 0.15) is 47.5 Å². The number of hydrogen-bond donors (Lipinski definition) is 1. The first kappa shape index (κ1) is 19.4. The molecule has 0 radical (unpaired) electrons. The monoisotopic (exact) mass is 374 g/mol. The third kappa shape index (κ3) is 3.43. The molecule has 0 aromatic heterocycles. The Morgan fingerprint density at radius 1 is 1.22 bits per heavy atom. The van der Waals surface area contributed by atoms with Crippen LogP contribution in [0.4, 0.5) is 0 Å². The van der Waals surface area contributed by atoms with Crippen LogP contribution in [0.25, 0.3) is 0 Å². The Balaban J connectivity index is 2.03. The lowest BCUT2D eigenvalue weighted by Crippen LogP contribution is -2.61. The van der Waals surface area contributed by atoms with Gasteiger partial charge in [0.15, 0.2) is 0 Å².